The highest BCUT2D eigenvalue weighted by Crippen LogP contribution is 2.19. The van der Waals surface area contributed by atoms with Crippen LogP contribution in [0.15, 0.2) is 21.9 Å². The molecule has 0 spiro atoms. The Morgan fingerprint density at radius 3 is 2.85 bits per heavy atom. The van der Waals surface area contributed by atoms with Gasteiger partial charge in [-0.3, -0.25) is 9.69 Å². The SMILES string of the molecule is Cc1nc(CN2CCC(CNC(=O)CCCc3cccs3)CC2)oc1C. The van der Waals surface area contributed by atoms with E-state index in [-0.39, 0.29) is 5.91 Å². The normalized spacial score (nSPS) is 16.1. The van der Waals surface area contributed by atoms with Gasteiger partial charge in [0.15, 0.2) is 0 Å². The molecular formula is C20H29N3O2S. The molecule has 1 N–H and O–H groups in total. The Bertz CT molecular complexity index is 668. The van der Waals surface area contributed by atoms with Crippen LogP contribution in [0, 0.1) is 19.8 Å². The molecule has 0 aromatic carbocycles. The van der Waals surface area contributed by atoms with E-state index in [1.54, 1.807) is 11.3 Å². The van der Waals surface area contributed by atoms with Gasteiger partial charge >= 0.3 is 0 Å². The van der Waals surface area contributed by atoms with Gasteiger partial charge in [0, 0.05) is 17.8 Å². The van der Waals surface area contributed by atoms with Crippen molar-refractivity contribution in [3.05, 3.63) is 39.7 Å². The summed E-state index contributed by atoms with van der Waals surface area (Å²) in [6.07, 6.45) is 4.80. The number of carbonyl (C=O) groups is 1. The topological polar surface area (TPSA) is 58.4 Å². The minimum atomic E-state index is 0.190. The van der Waals surface area contributed by atoms with Crippen LogP contribution in [-0.4, -0.2) is 35.4 Å². The molecular weight excluding hydrogens is 346 g/mol. The van der Waals surface area contributed by atoms with Crippen LogP contribution in [0.1, 0.15) is 47.9 Å². The van der Waals surface area contributed by atoms with Crippen molar-refractivity contribution in [2.75, 3.05) is 19.6 Å². The van der Waals surface area contributed by atoms with E-state index in [2.05, 4.69) is 32.7 Å². The summed E-state index contributed by atoms with van der Waals surface area (Å²) in [5.41, 5.74) is 0.983. The van der Waals surface area contributed by atoms with Crippen LogP contribution in [0.3, 0.4) is 0 Å². The van der Waals surface area contributed by atoms with E-state index in [0.29, 0.717) is 12.3 Å². The average Bonchev–Trinajstić information content (AvgIpc) is 3.24. The van der Waals surface area contributed by atoms with Gasteiger partial charge in [0.05, 0.1) is 12.2 Å². The largest absolute Gasteiger partial charge is 0.444 e. The molecule has 26 heavy (non-hydrogen) atoms. The summed E-state index contributed by atoms with van der Waals surface area (Å²) in [5, 5.41) is 5.21. The van der Waals surface area contributed by atoms with Crippen LogP contribution in [0.25, 0.3) is 0 Å². The van der Waals surface area contributed by atoms with E-state index in [0.717, 1.165) is 69.2 Å². The average molecular weight is 376 g/mol. The lowest BCUT2D eigenvalue weighted by atomic mass is 9.96. The Morgan fingerprint density at radius 1 is 1.38 bits per heavy atom. The standard InChI is InChI=1S/C20H29N3O2S/c1-15-16(2)25-20(22-15)14-23-10-8-17(9-11-23)13-21-19(24)7-3-5-18-6-4-12-26-18/h4,6,12,17H,3,5,7-11,13-14H2,1-2H3,(H,21,24). The smallest absolute Gasteiger partial charge is 0.220 e. The number of nitrogens with zero attached hydrogens (tertiary/aromatic N) is 2. The van der Waals surface area contributed by atoms with Gasteiger partial charge in [-0.25, -0.2) is 4.98 Å². The number of carbonyl (C=O) groups excluding carboxylic acids is 1. The fourth-order valence-electron chi connectivity index (χ4n) is 3.37. The van der Waals surface area contributed by atoms with Crippen molar-refractivity contribution < 1.29 is 9.21 Å². The van der Waals surface area contributed by atoms with E-state index in [1.165, 1.54) is 4.88 Å². The molecule has 3 heterocycles. The molecule has 3 rings (SSSR count). The van der Waals surface area contributed by atoms with Crippen molar-refractivity contribution in [2.24, 2.45) is 5.92 Å². The van der Waals surface area contributed by atoms with Gasteiger partial charge in [0.2, 0.25) is 11.8 Å². The highest BCUT2D eigenvalue weighted by molar-refractivity contribution is 7.09. The Morgan fingerprint density at radius 2 is 2.19 bits per heavy atom. The summed E-state index contributed by atoms with van der Waals surface area (Å²) in [5.74, 6) is 2.50. The highest BCUT2D eigenvalue weighted by atomic mass is 32.1. The fraction of sp³-hybridized carbons (Fsp3) is 0.600. The summed E-state index contributed by atoms with van der Waals surface area (Å²) < 4.78 is 5.68. The maximum Gasteiger partial charge on any atom is 0.220 e. The van der Waals surface area contributed by atoms with Gasteiger partial charge in [0.1, 0.15) is 5.76 Å². The van der Waals surface area contributed by atoms with Crippen molar-refractivity contribution in [1.29, 1.82) is 0 Å². The zero-order valence-electron chi connectivity index (χ0n) is 15.8. The molecule has 2 aromatic rings. The molecule has 0 unspecified atom stereocenters. The predicted molar refractivity (Wildman–Crippen MR) is 104 cm³/mol. The second kappa shape index (κ2) is 9.33. The van der Waals surface area contributed by atoms with Crippen LogP contribution in [0.4, 0.5) is 0 Å². The zero-order valence-corrected chi connectivity index (χ0v) is 16.6. The molecule has 142 valence electrons. The van der Waals surface area contributed by atoms with Gasteiger partial charge in [-0.15, -0.1) is 11.3 Å². The van der Waals surface area contributed by atoms with Crippen molar-refractivity contribution in [1.82, 2.24) is 15.2 Å². The van der Waals surface area contributed by atoms with E-state index in [9.17, 15) is 4.79 Å². The molecule has 0 bridgehead atoms. The molecule has 6 heteroatoms. The van der Waals surface area contributed by atoms with Crippen molar-refractivity contribution in [3.63, 3.8) is 0 Å². The number of thiophene rings is 1. The lowest BCUT2D eigenvalue weighted by molar-refractivity contribution is -0.121. The molecule has 1 aliphatic rings. The molecule has 1 amide bonds. The van der Waals surface area contributed by atoms with E-state index < -0.39 is 0 Å². The number of amides is 1. The summed E-state index contributed by atoms with van der Waals surface area (Å²) in [4.78, 5) is 20.2. The lowest BCUT2D eigenvalue weighted by Crippen LogP contribution is -2.38. The molecule has 1 saturated heterocycles. The Hall–Kier alpha value is -1.66. The Balaban J connectivity index is 1.29. The van der Waals surface area contributed by atoms with Crippen molar-refractivity contribution >= 4 is 17.2 Å². The number of rotatable bonds is 8. The first-order valence-electron chi connectivity index (χ1n) is 9.54. The summed E-state index contributed by atoms with van der Waals surface area (Å²) in [7, 11) is 0. The third-order valence-electron chi connectivity index (χ3n) is 5.13. The third kappa shape index (κ3) is 5.68. The minimum absolute atomic E-state index is 0.190. The first-order chi connectivity index (χ1) is 12.6. The lowest BCUT2D eigenvalue weighted by Gasteiger charge is -2.31. The number of hydrogen-bond donors (Lipinski definition) is 1. The molecule has 0 aliphatic carbocycles. The Labute approximate surface area is 159 Å². The molecule has 0 radical (unpaired) electrons. The van der Waals surface area contributed by atoms with Crippen molar-refractivity contribution in [3.8, 4) is 0 Å². The Kier molecular flexibility index (Phi) is 6.86. The van der Waals surface area contributed by atoms with Gasteiger partial charge < -0.3 is 9.73 Å². The van der Waals surface area contributed by atoms with E-state index in [4.69, 9.17) is 4.42 Å². The quantitative estimate of drug-likeness (QED) is 0.764. The number of piperidine rings is 1. The van der Waals surface area contributed by atoms with Crippen LogP contribution in [0.5, 0.6) is 0 Å². The molecule has 5 nitrogen and oxygen atoms in total. The number of oxazole rings is 1. The molecule has 0 saturated carbocycles. The second-order valence-corrected chi connectivity index (χ2v) is 8.24. The molecule has 1 aliphatic heterocycles. The number of nitrogens with one attached hydrogen (secondary N) is 1. The van der Waals surface area contributed by atoms with Crippen LogP contribution < -0.4 is 5.32 Å². The van der Waals surface area contributed by atoms with Gasteiger partial charge in [-0.1, -0.05) is 6.07 Å². The number of hydrogen-bond acceptors (Lipinski definition) is 5. The number of likely N-dealkylation sites (tertiary alicyclic amines) is 1. The maximum atomic E-state index is 12.0. The number of aryl methyl sites for hydroxylation is 3. The third-order valence-corrected chi connectivity index (χ3v) is 6.07. The van der Waals surface area contributed by atoms with Gasteiger partial charge in [0.25, 0.3) is 0 Å². The highest BCUT2D eigenvalue weighted by Gasteiger charge is 2.21. The predicted octanol–water partition coefficient (Wildman–Crippen LogP) is 3.70. The number of aromatic nitrogens is 1. The van der Waals surface area contributed by atoms with Crippen LogP contribution in [0.2, 0.25) is 0 Å². The zero-order chi connectivity index (χ0) is 18.4. The molecule has 2 aromatic heterocycles. The molecule has 1 fully saturated rings. The maximum absolute atomic E-state index is 12.0. The minimum Gasteiger partial charge on any atom is -0.444 e. The van der Waals surface area contributed by atoms with E-state index in [1.807, 2.05) is 13.8 Å². The summed E-state index contributed by atoms with van der Waals surface area (Å²) in [6.45, 7) is 7.62. The monoisotopic (exact) mass is 375 g/mol. The van der Waals surface area contributed by atoms with Gasteiger partial charge in [-0.2, -0.15) is 0 Å². The summed E-state index contributed by atoms with van der Waals surface area (Å²) in [6, 6.07) is 4.20. The first kappa shape index (κ1) is 19.1. The van der Waals surface area contributed by atoms with Crippen molar-refractivity contribution in [2.45, 2.75) is 52.5 Å². The first-order valence-corrected chi connectivity index (χ1v) is 10.4. The summed E-state index contributed by atoms with van der Waals surface area (Å²) >= 11 is 1.77. The molecule has 0 atom stereocenters. The van der Waals surface area contributed by atoms with Crippen LogP contribution >= 0.6 is 11.3 Å². The second-order valence-electron chi connectivity index (χ2n) is 7.21. The van der Waals surface area contributed by atoms with Crippen LogP contribution in [-0.2, 0) is 17.8 Å². The van der Waals surface area contributed by atoms with E-state index >= 15 is 0 Å². The van der Waals surface area contributed by atoms with Gasteiger partial charge in [-0.05, 0) is 70.0 Å². The fourth-order valence-corrected chi connectivity index (χ4v) is 4.12.